The molecule has 2 aromatic rings. The van der Waals surface area contributed by atoms with Gasteiger partial charge in [-0.25, -0.2) is 0 Å². The van der Waals surface area contributed by atoms with Crippen molar-refractivity contribution < 1.29 is 0 Å². The lowest BCUT2D eigenvalue weighted by atomic mass is 9.97. The fourth-order valence-corrected chi connectivity index (χ4v) is 3.07. The third-order valence-corrected chi connectivity index (χ3v) is 4.26. The van der Waals surface area contributed by atoms with Gasteiger partial charge in [-0.1, -0.05) is 42.5 Å². The van der Waals surface area contributed by atoms with Gasteiger partial charge in [0.25, 0.3) is 0 Å². The van der Waals surface area contributed by atoms with Crippen LogP contribution >= 0.6 is 0 Å². The smallest absolute Gasteiger partial charge is 0.0375 e. The number of nitrogens with zero attached hydrogens (tertiary/aromatic N) is 1. The molecule has 0 aliphatic carbocycles. The van der Waals surface area contributed by atoms with E-state index in [2.05, 4.69) is 65.8 Å². The zero-order valence-electron chi connectivity index (χ0n) is 12.8. The molecule has 0 amide bonds. The van der Waals surface area contributed by atoms with Crippen LogP contribution in [-0.2, 0) is 19.4 Å². The predicted molar refractivity (Wildman–Crippen MR) is 89.7 cm³/mol. The fourth-order valence-electron chi connectivity index (χ4n) is 3.07. The molecule has 0 spiro atoms. The Balaban J connectivity index is 1.61. The van der Waals surface area contributed by atoms with E-state index in [9.17, 15) is 0 Å². The highest BCUT2D eigenvalue weighted by Gasteiger charge is 2.13. The quantitative estimate of drug-likeness (QED) is 0.898. The van der Waals surface area contributed by atoms with Crippen molar-refractivity contribution in [3.8, 4) is 0 Å². The van der Waals surface area contributed by atoms with Gasteiger partial charge in [-0.3, -0.25) is 0 Å². The Morgan fingerprint density at radius 1 is 1.05 bits per heavy atom. The second-order valence-electron chi connectivity index (χ2n) is 5.95. The van der Waals surface area contributed by atoms with Gasteiger partial charge in [-0.15, -0.1) is 0 Å². The highest BCUT2D eigenvalue weighted by molar-refractivity contribution is 5.56. The van der Waals surface area contributed by atoms with Crippen LogP contribution in [0.4, 0.5) is 5.69 Å². The highest BCUT2D eigenvalue weighted by Crippen LogP contribution is 2.26. The molecular weight excluding hydrogens is 256 g/mol. The van der Waals surface area contributed by atoms with Crippen LogP contribution in [0.1, 0.15) is 23.1 Å². The monoisotopic (exact) mass is 280 g/mol. The summed E-state index contributed by atoms with van der Waals surface area (Å²) in [7, 11) is 2.22. The van der Waals surface area contributed by atoms with E-state index in [0.29, 0.717) is 0 Å². The Morgan fingerprint density at radius 3 is 2.76 bits per heavy atom. The Morgan fingerprint density at radius 2 is 1.90 bits per heavy atom. The summed E-state index contributed by atoms with van der Waals surface area (Å²) in [6.07, 6.45) is 3.58. The first-order valence-electron chi connectivity index (χ1n) is 7.90. The molecule has 0 fully saturated rings. The lowest BCUT2D eigenvalue weighted by molar-refractivity contribution is 0.330. The topological polar surface area (TPSA) is 15.3 Å². The van der Waals surface area contributed by atoms with Crippen molar-refractivity contribution in [2.24, 2.45) is 0 Å². The van der Waals surface area contributed by atoms with Crippen molar-refractivity contribution in [1.82, 2.24) is 4.90 Å². The van der Waals surface area contributed by atoms with Gasteiger partial charge in [0.1, 0.15) is 0 Å². The van der Waals surface area contributed by atoms with Crippen LogP contribution in [0.5, 0.6) is 0 Å². The first-order chi connectivity index (χ1) is 10.3. The number of hydrogen-bond acceptors (Lipinski definition) is 2. The second kappa shape index (κ2) is 6.77. The molecular formula is C19H24N2. The van der Waals surface area contributed by atoms with E-state index >= 15 is 0 Å². The van der Waals surface area contributed by atoms with Gasteiger partial charge in [0, 0.05) is 25.3 Å². The first kappa shape index (κ1) is 14.2. The number of anilines is 1. The minimum atomic E-state index is 1.04. The summed E-state index contributed by atoms with van der Waals surface area (Å²) in [5.41, 5.74) is 5.77. The lowest BCUT2D eigenvalue weighted by Gasteiger charge is -2.24. The molecule has 21 heavy (non-hydrogen) atoms. The molecule has 1 N–H and O–H groups in total. The largest absolute Gasteiger partial charge is 0.385 e. The predicted octanol–water partition coefficient (Wildman–Crippen LogP) is 3.72. The van der Waals surface area contributed by atoms with Crippen LogP contribution in [0.15, 0.2) is 48.5 Å². The number of fused-ring (bicyclic) bond motifs is 1. The van der Waals surface area contributed by atoms with Crippen molar-refractivity contribution in [3.63, 3.8) is 0 Å². The normalized spacial score (nSPS) is 13.8. The van der Waals surface area contributed by atoms with E-state index in [4.69, 9.17) is 0 Å². The molecule has 0 saturated heterocycles. The van der Waals surface area contributed by atoms with Crippen LogP contribution in [-0.4, -0.2) is 25.0 Å². The van der Waals surface area contributed by atoms with Gasteiger partial charge >= 0.3 is 0 Å². The maximum Gasteiger partial charge on any atom is 0.0375 e. The zero-order chi connectivity index (χ0) is 14.5. The third kappa shape index (κ3) is 3.64. The van der Waals surface area contributed by atoms with E-state index in [1.165, 1.54) is 35.2 Å². The molecule has 2 nitrogen and oxygen atoms in total. The molecule has 0 atom stereocenters. The van der Waals surface area contributed by atoms with Crippen LogP contribution in [0.25, 0.3) is 0 Å². The summed E-state index contributed by atoms with van der Waals surface area (Å²) in [4.78, 5) is 2.43. The molecule has 1 heterocycles. The summed E-state index contributed by atoms with van der Waals surface area (Å²) >= 11 is 0. The van der Waals surface area contributed by atoms with Crippen molar-refractivity contribution in [3.05, 3.63) is 65.2 Å². The zero-order valence-corrected chi connectivity index (χ0v) is 12.8. The maximum atomic E-state index is 3.52. The van der Waals surface area contributed by atoms with Crippen LogP contribution in [0.3, 0.4) is 0 Å². The molecule has 0 bridgehead atoms. The molecule has 0 saturated carbocycles. The molecule has 2 aromatic carbocycles. The standard InChI is InChI=1S/C19H24N2/c1-21(14-12-16-7-3-2-4-8-16)15-17-9-5-11-19-18(17)10-6-13-20-19/h2-5,7-9,11,20H,6,10,12-15H2,1H3. The Labute approximate surface area is 127 Å². The molecule has 0 aromatic heterocycles. The van der Waals surface area contributed by atoms with Gasteiger partial charge < -0.3 is 10.2 Å². The van der Waals surface area contributed by atoms with Crippen molar-refractivity contribution in [1.29, 1.82) is 0 Å². The van der Waals surface area contributed by atoms with Crippen molar-refractivity contribution in [2.45, 2.75) is 25.8 Å². The third-order valence-electron chi connectivity index (χ3n) is 4.26. The fraction of sp³-hybridized carbons (Fsp3) is 0.368. The SMILES string of the molecule is CN(CCc1ccccc1)Cc1cccc2c1CCCN2. The number of benzene rings is 2. The molecule has 0 radical (unpaired) electrons. The maximum absolute atomic E-state index is 3.52. The van der Waals surface area contributed by atoms with Gasteiger partial charge in [-0.05, 0) is 49.1 Å². The average molecular weight is 280 g/mol. The van der Waals surface area contributed by atoms with E-state index in [1.54, 1.807) is 0 Å². The Kier molecular flexibility index (Phi) is 4.56. The minimum absolute atomic E-state index is 1.04. The summed E-state index contributed by atoms with van der Waals surface area (Å²) in [6, 6.07) is 17.4. The molecule has 0 unspecified atom stereocenters. The van der Waals surface area contributed by atoms with Crippen molar-refractivity contribution in [2.75, 3.05) is 25.5 Å². The van der Waals surface area contributed by atoms with Crippen LogP contribution in [0.2, 0.25) is 0 Å². The number of hydrogen-bond donors (Lipinski definition) is 1. The summed E-state index contributed by atoms with van der Waals surface area (Å²) < 4.78 is 0. The lowest BCUT2D eigenvalue weighted by Crippen LogP contribution is -2.22. The minimum Gasteiger partial charge on any atom is -0.385 e. The van der Waals surface area contributed by atoms with Crippen molar-refractivity contribution >= 4 is 5.69 Å². The first-order valence-corrected chi connectivity index (χ1v) is 7.90. The summed E-state index contributed by atoms with van der Waals surface area (Å²) in [5, 5.41) is 3.52. The second-order valence-corrected chi connectivity index (χ2v) is 5.95. The van der Waals surface area contributed by atoms with Crippen LogP contribution < -0.4 is 5.32 Å². The Bertz CT molecular complexity index is 577. The van der Waals surface area contributed by atoms with Gasteiger partial charge in [0.05, 0.1) is 0 Å². The highest BCUT2D eigenvalue weighted by atomic mass is 15.1. The molecule has 110 valence electrons. The molecule has 3 rings (SSSR count). The van der Waals surface area contributed by atoms with Gasteiger partial charge in [0.2, 0.25) is 0 Å². The van der Waals surface area contributed by atoms with Crippen LogP contribution in [0, 0.1) is 0 Å². The molecule has 1 aliphatic rings. The van der Waals surface area contributed by atoms with E-state index in [-0.39, 0.29) is 0 Å². The van der Waals surface area contributed by atoms with Gasteiger partial charge in [0.15, 0.2) is 0 Å². The van der Waals surface area contributed by atoms with Gasteiger partial charge in [-0.2, -0.15) is 0 Å². The summed E-state index contributed by atoms with van der Waals surface area (Å²) in [5.74, 6) is 0. The molecule has 1 aliphatic heterocycles. The molecule has 2 heteroatoms. The Hall–Kier alpha value is -1.80. The van der Waals surface area contributed by atoms with E-state index < -0.39 is 0 Å². The number of likely N-dealkylation sites (N-methyl/N-ethyl adjacent to an activating group) is 1. The average Bonchev–Trinajstić information content (AvgIpc) is 2.54. The van der Waals surface area contributed by atoms with E-state index in [1.807, 2.05) is 0 Å². The summed E-state index contributed by atoms with van der Waals surface area (Å²) in [6.45, 7) is 3.25. The van der Waals surface area contributed by atoms with E-state index in [0.717, 1.165) is 26.1 Å². The number of rotatable bonds is 5. The number of nitrogens with one attached hydrogen (secondary N) is 1.